The van der Waals surface area contributed by atoms with Gasteiger partial charge in [-0.2, -0.15) is 5.10 Å². The molecule has 6 nitrogen and oxygen atoms in total. The summed E-state index contributed by atoms with van der Waals surface area (Å²) >= 11 is 0. The number of methoxy groups -OCH3 is 1. The van der Waals surface area contributed by atoms with E-state index in [-0.39, 0.29) is 17.6 Å². The standard InChI is InChI=1S/C25H29FN4O2/c1-18(2)24-23(17-27-30(24)21-7-5-19(26)6-8-21)25(31)29-14-4-13-28(15-16-29)20-9-11-22(32-3)12-10-20/h5-12,17-18H,4,13-16H2,1-3H3. The molecule has 0 bridgehead atoms. The Morgan fingerprint density at radius 2 is 1.66 bits per heavy atom. The van der Waals surface area contributed by atoms with Gasteiger partial charge in [0.05, 0.1) is 30.3 Å². The molecule has 1 aliphatic heterocycles. The molecule has 168 valence electrons. The SMILES string of the molecule is COc1ccc(N2CCCN(C(=O)c3cnn(-c4ccc(F)cc4)c3C(C)C)CC2)cc1. The zero-order chi connectivity index (χ0) is 22.7. The van der Waals surface area contributed by atoms with Crippen LogP contribution in [-0.4, -0.2) is 53.9 Å². The van der Waals surface area contributed by atoms with E-state index in [1.807, 2.05) is 30.9 Å². The predicted molar refractivity (Wildman–Crippen MR) is 123 cm³/mol. The van der Waals surface area contributed by atoms with Gasteiger partial charge < -0.3 is 14.5 Å². The van der Waals surface area contributed by atoms with Crippen molar-refractivity contribution in [1.29, 1.82) is 0 Å². The van der Waals surface area contributed by atoms with Crippen LogP contribution in [0.1, 0.15) is 42.2 Å². The third-order valence-corrected chi connectivity index (χ3v) is 5.88. The van der Waals surface area contributed by atoms with E-state index >= 15 is 0 Å². The number of hydrogen-bond acceptors (Lipinski definition) is 4. The summed E-state index contributed by atoms with van der Waals surface area (Å²) < 4.78 is 20.4. The minimum atomic E-state index is -0.297. The Labute approximate surface area is 188 Å². The molecule has 0 unspecified atom stereocenters. The van der Waals surface area contributed by atoms with E-state index in [2.05, 4.69) is 22.1 Å². The number of ether oxygens (including phenoxy) is 1. The van der Waals surface area contributed by atoms with Gasteiger partial charge in [-0.05, 0) is 60.9 Å². The molecule has 0 atom stereocenters. The van der Waals surface area contributed by atoms with Gasteiger partial charge >= 0.3 is 0 Å². The summed E-state index contributed by atoms with van der Waals surface area (Å²) in [6.07, 6.45) is 2.54. The van der Waals surface area contributed by atoms with Gasteiger partial charge in [-0.15, -0.1) is 0 Å². The van der Waals surface area contributed by atoms with E-state index in [0.717, 1.165) is 42.3 Å². The molecule has 0 N–H and O–H groups in total. The first-order valence-corrected chi connectivity index (χ1v) is 11.0. The Hall–Kier alpha value is -3.35. The largest absolute Gasteiger partial charge is 0.497 e. The second kappa shape index (κ2) is 9.42. The third-order valence-electron chi connectivity index (χ3n) is 5.88. The molecule has 1 aliphatic rings. The molecule has 0 radical (unpaired) electrons. The van der Waals surface area contributed by atoms with Gasteiger partial charge in [0.15, 0.2) is 0 Å². The summed E-state index contributed by atoms with van der Waals surface area (Å²) in [5.41, 5.74) is 3.34. The molecule has 3 aromatic rings. The van der Waals surface area contributed by atoms with Crippen LogP contribution >= 0.6 is 0 Å². The fourth-order valence-corrected chi connectivity index (χ4v) is 4.21. The summed E-state index contributed by atoms with van der Waals surface area (Å²) in [5, 5.41) is 4.48. The number of nitrogens with zero attached hydrogens (tertiary/aromatic N) is 4. The van der Waals surface area contributed by atoms with Crippen LogP contribution in [0.3, 0.4) is 0 Å². The van der Waals surface area contributed by atoms with Crippen molar-refractivity contribution in [2.75, 3.05) is 38.2 Å². The maximum absolute atomic E-state index is 13.5. The number of amides is 1. The normalized spacial score (nSPS) is 14.5. The second-order valence-corrected chi connectivity index (χ2v) is 8.32. The second-order valence-electron chi connectivity index (χ2n) is 8.32. The van der Waals surface area contributed by atoms with Crippen LogP contribution in [0.15, 0.2) is 54.7 Å². The lowest BCUT2D eigenvalue weighted by Gasteiger charge is -2.24. The molecular weight excluding hydrogens is 407 g/mol. The Balaban J connectivity index is 1.53. The van der Waals surface area contributed by atoms with Gasteiger partial charge in [0.2, 0.25) is 0 Å². The van der Waals surface area contributed by atoms with Gasteiger partial charge in [-0.3, -0.25) is 4.79 Å². The number of carbonyl (C=O) groups excluding carboxylic acids is 1. The van der Waals surface area contributed by atoms with E-state index in [1.165, 1.54) is 12.1 Å². The first-order valence-electron chi connectivity index (χ1n) is 11.0. The maximum Gasteiger partial charge on any atom is 0.257 e. The van der Waals surface area contributed by atoms with E-state index in [9.17, 15) is 9.18 Å². The molecule has 2 aromatic carbocycles. The summed E-state index contributed by atoms with van der Waals surface area (Å²) in [7, 11) is 1.66. The van der Waals surface area contributed by atoms with Crippen LogP contribution in [-0.2, 0) is 0 Å². The highest BCUT2D eigenvalue weighted by atomic mass is 19.1. The first-order chi connectivity index (χ1) is 15.5. The van der Waals surface area contributed by atoms with Crippen molar-refractivity contribution in [2.45, 2.75) is 26.2 Å². The quantitative estimate of drug-likeness (QED) is 0.591. The highest BCUT2D eigenvalue weighted by Gasteiger charge is 2.26. The zero-order valence-electron chi connectivity index (χ0n) is 18.8. The van der Waals surface area contributed by atoms with Gasteiger partial charge in [0.25, 0.3) is 5.91 Å². The maximum atomic E-state index is 13.5. The zero-order valence-corrected chi connectivity index (χ0v) is 18.8. The number of benzene rings is 2. The van der Waals surface area contributed by atoms with Crippen molar-refractivity contribution in [3.8, 4) is 11.4 Å². The highest BCUT2D eigenvalue weighted by molar-refractivity contribution is 5.95. The average molecular weight is 437 g/mol. The number of halogens is 1. The molecule has 4 rings (SSSR count). The molecule has 7 heteroatoms. The molecule has 0 aliphatic carbocycles. The topological polar surface area (TPSA) is 50.6 Å². The van der Waals surface area contributed by atoms with Crippen LogP contribution in [0.2, 0.25) is 0 Å². The van der Waals surface area contributed by atoms with Crippen molar-refractivity contribution in [1.82, 2.24) is 14.7 Å². The van der Waals surface area contributed by atoms with Gasteiger partial charge in [0, 0.05) is 31.9 Å². The predicted octanol–water partition coefficient (Wildman–Crippen LogP) is 4.50. The Kier molecular flexibility index (Phi) is 6.44. The molecule has 1 amide bonds. The van der Waals surface area contributed by atoms with Gasteiger partial charge in [-0.1, -0.05) is 13.8 Å². The lowest BCUT2D eigenvalue weighted by Crippen LogP contribution is -2.35. The first kappa shape index (κ1) is 21.9. The average Bonchev–Trinajstić information content (AvgIpc) is 3.10. The molecule has 0 spiro atoms. The summed E-state index contributed by atoms with van der Waals surface area (Å²) in [4.78, 5) is 17.7. The molecule has 1 aromatic heterocycles. The van der Waals surface area contributed by atoms with Crippen LogP contribution in [0.4, 0.5) is 10.1 Å². The van der Waals surface area contributed by atoms with Crippen molar-refractivity contribution in [3.63, 3.8) is 0 Å². The molecule has 1 fully saturated rings. The van der Waals surface area contributed by atoms with Crippen molar-refractivity contribution in [2.24, 2.45) is 0 Å². The van der Waals surface area contributed by atoms with Crippen LogP contribution in [0.5, 0.6) is 5.75 Å². The minimum absolute atomic E-state index is 0.00126. The Bertz CT molecular complexity index is 1060. The molecule has 2 heterocycles. The van der Waals surface area contributed by atoms with E-state index in [0.29, 0.717) is 18.7 Å². The number of anilines is 1. The minimum Gasteiger partial charge on any atom is -0.497 e. The third kappa shape index (κ3) is 4.47. The van der Waals surface area contributed by atoms with E-state index in [1.54, 1.807) is 30.1 Å². The lowest BCUT2D eigenvalue weighted by atomic mass is 10.0. The van der Waals surface area contributed by atoms with Gasteiger partial charge in [0.1, 0.15) is 11.6 Å². The van der Waals surface area contributed by atoms with Crippen molar-refractivity contribution >= 4 is 11.6 Å². The summed E-state index contributed by atoms with van der Waals surface area (Å²) in [6.45, 7) is 7.08. The van der Waals surface area contributed by atoms with Crippen molar-refractivity contribution in [3.05, 3.63) is 71.8 Å². The van der Waals surface area contributed by atoms with Gasteiger partial charge in [-0.25, -0.2) is 9.07 Å². The fourth-order valence-electron chi connectivity index (χ4n) is 4.21. The van der Waals surface area contributed by atoms with E-state index < -0.39 is 0 Å². The Morgan fingerprint density at radius 1 is 0.969 bits per heavy atom. The van der Waals surface area contributed by atoms with Crippen LogP contribution < -0.4 is 9.64 Å². The number of rotatable bonds is 5. The number of aromatic nitrogens is 2. The van der Waals surface area contributed by atoms with Crippen molar-refractivity contribution < 1.29 is 13.9 Å². The molecule has 32 heavy (non-hydrogen) atoms. The van der Waals surface area contributed by atoms with Crippen LogP contribution in [0, 0.1) is 5.82 Å². The highest BCUT2D eigenvalue weighted by Crippen LogP contribution is 2.26. The fraction of sp³-hybridized carbons (Fsp3) is 0.360. The monoisotopic (exact) mass is 436 g/mol. The van der Waals surface area contributed by atoms with Crippen LogP contribution in [0.25, 0.3) is 5.69 Å². The molecule has 1 saturated heterocycles. The number of hydrogen-bond donors (Lipinski definition) is 0. The van der Waals surface area contributed by atoms with E-state index in [4.69, 9.17) is 4.74 Å². The lowest BCUT2D eigenvalue weighted by molar-refractivity contribution is 0.0765. The molecule has 0 saturated carbocycles. The summed E-state index contributed by atoms with van der Waals surface area (Å²) in [6, 6.07) is 14.2. The smallest absolute Gasteiger partial charge is 0.257 e. The molecular formula is C25H29FN4O2. The Morgan fingerprint density at radius 3 is 2.31 bits per heavy atom. The number of carbonyl (C=O) groups is 1. The summed E-state index contributed by atoms with van der Waals surface area (Å²) in [5.74, 6) is 0.622.